The highest BCUT2D eigenvalue weighted by atomic mass is 35.5. The van der Waals surface area contributed by atoms with Crippen LogP contribution in [0.25, 0.3) is 0 Å². The van der Waals surface area contributed by atoms with Gasteiger partial charge < -0.3 is 15.8 Å². The fourth-order valence-corrected chi connectivity index (χ4v) is 3.10. The number of amides is 1. The number of thioether (sulfide) groups is 1. The van der Waals surface area contributed by atoms with Gasteiger partial charge in [-0.05, 0) is 36.8 Å². The maximum Gasteiger partial charge on any atom is 0.232 e. The number of carbonyl (C=O) groups is 1. The van der Waals surface area contributed by atoms with Gasteiger partial charge in [0.1, 0.15) is 0 Å². The third-order valence-electron chi connectivity index (χ3n) is 3.73. The molecule has 1 fully saturated rings. The van der Waals surface area contributed by atoms with Gasteiger partial charge in [0.2, 0.25) is 5.91 Å². The Balaban J connectivity index is 0.00000220. The minimum absolute atomic E-state index is 0. The number of nitrogens with one attached hydrogen (secondary N) is 1. The van der Waals surface area contributed by atoms with Crippen LogP contribution in [0.5, 0.6) is 0 Å². The molecule has 1 aromatic rings. The minimum atomic E-state index is -0.480. The summed E-state index contributed by atoms with van der Waals surface area (Å²) < 4.78 is 5.34. The average Bonchev–Trinajstić information content (AvgIpc) is 2.48. The highest BCUT2D eigenvalue weighted by molar-refractivity contribution is 7.99. The van der Waals surface area contributed by atoms with Crippen molar-refractivity contribution in [3.63, 3.8) is 0 Å². The molecule has 3 N–H and O–H groups in total. The first-order valence-corrected chi connectivity index (χ1v) is 8.01. The van der Waals surface area contributed by atoms with E-state index in [9.17, 15) is 4.79 Å². The third-order valence-corrected chi connectivity index (χ3v) is 4.60. The van der Waals surface area contributed by atoms with E-state index in [0.717, 1.165) is 11.4 Å². The summed E-state index contributed by atoms with van der Waals surface area (Å²) in [4.78, 5) is 13.7. The Morgan fingerprint density at radius 2 is 2.14 bits per heavy atom. The van der Waals surface area contributed by atoms with Crippen LogP contribution in [0.3, 0.4) is 0 Å². The van der Waals surface area contributed by atoms with Crippen molar-refractivity contribution in [2.45, 2.75) is 24.7 Å². The predicted octanol–water partition coefficient (Wildman–Crippen LogP) is 2.91. The van der Waals surface area contributed by atoms with Gasteiger partial charge in [0, 0.05) is 30.3 Å². The number of rotatable bonds is 5. The minimum Gasteiger partial charge on any atom is -0.381 e. The summed E-state index contributed by atoms with van der Waals surface area (Å²) in [6.45, 7) is 3.69. The third kappa shape index (κ3) is 4.61. The normalized spacial score (nSPS) is 16.9. The van der Waals surface area contributed by atoms with Crippen LogP contribution in [0.2, 0.25) is 0 Å². The van der Waals surface area contributed by atoms with Crippen molar-refractivity contribution in [1.82, 2.24) is 0 Å². The average molecular weight is 331 g/mol. The van der Waals surface area contributed by atoms with Crippen LogP contribution in [-0.4, -0.2) is 31.4 Å². The molecule has 1 aliphatic heterocycles. The van der Waals surface area contributed by atoms with Crippen molar-refractivity contribution in [3.05, 3.63) is 24.3 Å². The number of hydrogen-bond acceptors (Lipinski definition) is 4. The molecule has 1 heterocycles. The molecule has 0 bridgehead atoms. The Morgan fingerprint density at radius 1 is 1.43 bits per heavy atom. The zero-order valence-corrected chi connectivity index (χ0v) is 13.9. The number of anilines is 1. The van der Waals surface area contributed by atoms with Gasteiger partial charge in [-0.25, -0.2) is 0 Å². The number of carbonyl (C=O) groups excluding carboxylic acids is 1. The molecule has 0 spiro atoms. The quantitative estimate of drug-likeness (QED) is 0.815. The van der Waals surface area contributed by atoms with Crippen molar-refractivity contribution < 1.29 is 9.53 Å². The van der Waals surface area contributed by atoms with Crippen LogP contribution in [0, 0.1) is 5.41 Å². The van der Waals surface area contributed by atoms with Crippen molar-refractivity contribution >= 4 is 35.8 Å². The number of halogens is 1. The molecule has 0 saturated carbocycles. The zero-order valence-electron chi connectivity index (χ0n) is 12.3. The highest BCUT2D eigenvalue weighted by Crippen LogP contribution is 2.31. The fourth-order valence-electron chi connectivity index (χ4n) is 2.38. The maximum absolute atomic E-state index is 12.5. The Labute approximate surface area is 136 Å². The van der Waals surface area contributed by atoms with Gasteiger partial charge >= 0.3 is 0 Å². The second-order valence-electron chi connectivity index (χ2n) is 5.01. The molecule has 21 heavy (non-hydrogen) atoms. The summed E-state index contributed by atoms with van der Waals surface area (Å²) in [7, 11) is 0. The Bertz CT molecular complexity index is 465. The predicted molar refractivity (Wildman–Crippen MR) is 90.3 cm³/mol. The smallest absolute Gasteiger partial charge is 0.232 e. The Morgan fingerprint density at radius 3 is 2.76 bits per heavy atom. The van der Waals surface area contributed by atoms with Gasteiger partial charge in [-0.3, -0.25) is 4.79 Å². The van der Waals surface area contributed by atoms with Gasteiger partial charge in [-0.15, -0.1) is 24.2 Å². The Hall–Kier alpha value is -0.750. The van der Waals surface area contributed by atoms with Gasteiger partial charge in [0.25, 0.3) is 0 Å². The zero-order chi connectivity index (χ0) is 14.4. The van der Waals surface area contributed by atoms with E-state index in [0.29, 0.717) is 32.6 Å². The molecule has 4 nitrogen and oxygen atoms in total. The molecule has 0 unspecified atom stereocenters. The topological polar surface area (TPSA) is 64.4 Å². The van der Waals surface area contributed by atoms with E-state index in [2.05, 4.69) is 18.3 Å². The summed E-state index contributed by atoms with van der Waals surface area (Å²) in [5.41, 5.74) is 6.21. The van der Waals surface area contributed by atoms with Crippen molar-refractivity contribution in [1.29, 1.82) is 0 Å². The summed E-state index contributed by atoms with van der Waals surface area (Å²) in [6.07, 6.45) is 1.39. The molecule has 1 aliphatic rings. The number of nitrogens with two attached hydrogens (primary N) is 1. The lowest BCUT2D eigenvalue weighted by molar-refractivity contribution is -0.130. The fraction of sp³-hybridized carbons (Fsp3) is 0.533. The van der Waals surface area contributed by atoms with E-state index >= 15 is 0 Å². The molecule has 2 rings (SSSR count). The molecular weight excluding hydrogens is 308 g/mol. The van der Waals surface area contributed by atoms with E-state index in [4.69, 9.17) is 10.5 Å². The molecule has 0 aromatic heterocycles. The number of hydrogen-bond donors (Lipinski definition) is 2. The van der Waals surface area contributed by atoms with E-state index in [1.165, 1.54) is 4.90 Å². The molecule has 6 heteroatoms. The maximum atomic E-state index is 12.5. The van der Waals surface area contributed by atoms with E-state index < -0.39 is 5.41 Å². The van der Waals surface area contributed by atoms with Crippen molar-refractivity contribution in [2.24, 2.45) is 11.1 Å². The van der Waals surface area contributed by atoms with E-state index in [1.807, 2.05) is 18.2 Å². The highest BCUT2D eigenvalue weighted by Gasteiger charge is 2.38. The van der Waals surface area contributed by atoms with Gasteiger partial charge in [0.05, 0.1) is 5.41 Å². The lowest BCUT2D eigenvalue weighted by Crippen LogP contribution is -2.46. The van der Waals surface area contributed by atoms with Crippen LogP contribution in [0.15, 0.2) is 29.2 Å². The largest absolute Gasteiger partial charge is 0.381 e. The number of benzene rings is 1. The first-order chi connectivity index (χ1) is 9.70. The molecule has 1 aromatic carbocycles. The van der Waals surface area contributed by atoms with Gasteiger partial charge in [-0.2, -0.15) is 0 Å². The summed E-state index contributed by atoms with van der Waals surface area (Å²) >= 11 is 1.76. The van der Waals surface area contributed by atoms with E-state index in [1.54, 1.807) is 11.8 Å². The standard InChI is InChI=1S/C15H22N2O2S.ClH/c1-2-20-13-5-3-4-12(10-13)17-14(18)15(11-16)6-8-19-9-7-15;/h3-5,10H,2,6-9,11,16H2,1H3,(H,17,18);1H. The molecule has 1 saturated heterocycles. The van der Waals surface area contributed by atoms with Crippen molar-refractivity contribution in [3.8, 4) is 0 Å². The monoisotopic (exact) mass is 330 g/mol. The molecule has 118 valence electrons. The van der Waals surface area contributed by atoms with Crippen LogP contribution in [0.1, 0.15) is 19.8 Å². The number of ether oxygens (including phenoxy) is 1. The van der Waals surface area contributed by atoms with Gasteiger partial charge in [-0.1, -0.05) is 13.0 Å². The molecule has 1 amide bonds. The van der Waals surface area contributed by atoms with Crippen molar-refractivity contribution in [2.75, 3.05) is 30.8 Å². The second kappa shape index (κ2) is 8.63. The van der Waals surface area contributed by atoms with Crippen LogP contribution >= 0.6 is 24.2 Å². The second-order valence-corrected chi connectivity index (χ2v) is 6.35. The first kappa shape index (κ1) is 18.3. The summed E-state index contributed by atoms with van der Waals surface area (Å²) in [5.74, 6) is 1.03. The van der Waals surface area contributed by atoms with E-state index in [-0.39, 0.29) is 18.3 Å². The van der Waals surface area contributed by atoms with Crippen LogP contribution in [-0.2, 0) is 9.53 Å². The molecule has 0 atom stereocenters. The summed E-state index contributed by atoms with van der Waals surface area (Å²) in [6, 6.07) is 7.94. The molecular formula is C15H23ClN2O2S. The van der Waals surface area contributed by atoms with Gasteiger partial charge in [0.15, 0.2) is 0 Å². The molecule has 0 aliphatic carbocycles. The summed E-state index contributed by atoms with van der Waals surface area (Å²) in [5, 5.41) is 3.01. The Kier molecular flexibility index (Phi) is 7.52. The molecule has 0 radical (unpaired) electrons. The first-order valence-electron chi connectivity index (χ1n) is 7.02. The SMILES string of the molecule is CCSc1cccc(NC(=O)C2(CN)CCOCC2)c1.Cl. The lowest BCUT2D eigenvalue weighted by Gasteiger charge is -2.34. The lowest BCUT2D eigenvalue weighted by atomic mass is 9.79. The van der Waals surface area contributed by atoms with Crippen LogP contribution in [0.4, 0.5) is 5.69 Å². The van der Waals surface area contributed by atoms with Crippen LogP contribution < -0.4 is 11.1 Å².